The fraction of sp³-hybridized carbons (Fsp3) is 0.714. The Kier molecular flexibility index (Phi) is 2.43. The molecule has 0 radical (unpaired) electrons. The van der Waals surface area contributed by atoms with Gasteiger partial charge in [-0.1, -0.05) is 12.2 Å². The SMILES string of the molecule is C=C(C)CN1CC(O)CO1. The van der Waals surface area contributed by atoms with E-state index >= 15 is 0 Å². The van der Waals surface area contributed by atoms with E-state index in [0.29, 0.717) is 13.2 Å². The lowest BCUT2D eigenvalue weighted by molar-refractivity contribution is -0.103. The molecule has 0 spiro atoms. The van der Waals surface area contributed by atoms with E-state index in [0.717, 1.165) is 12.1 Å². The van der Waals surface area contributed by atoms with E-state index < -0.39 is 0 Å². The van der Waals surface area contributed by atoms with Crippen molar-refractivity contribution in [1.29, 1.82) is 0 Å². The average Bonchev–Trinajstić information content (AvgIpc) is 2.13. The lowest BCUT2D eigenvalue weighted by atomic mass is 10.3. The second-order valence-electron chi connectivity index (χ2n) is 2.73. The quantitative estimate of drug-likeness (QED) is 0.559. The Balaban J connectivity index is 2.24. The number of hydrogen-bond acceptors (Lipinski definition) is 3. The average molecular weight is 143 g/mol. The van der Waals surface area contributed by atoms with Crippen LogP contribution < -0.4 is 0 Å². The molecule has 1 N–H and O–H groups in total. The monoisotopic (exact) mass is 143 g/mol. The Bertz CT molecular complexity index is 136. The Hall–Kier alpha value is -0.380. The topological polar surface area (TPSA) is 32.7 Å². The van der Waals surface area contributed by atoms with Crippen molar-refractivity contribution < 1.29 is 9.94 Å². The van der Waals surface area contributed by atoms with Gasteiger partial charge in [0.1, 0.15) is 0 Å². The summed E-state index contributed by atoms with van der Waals surface area (Å²) in [6.07, 6.45) is -0.320. The third-order valence-corrected chi connectivity index (χ3v) is 1.31. The number of nitrogens with zero attached hydrogens (tertiary/aromatic N) is 1. The molecule has 1 aliphatic heterocycles. The number of aliphatic hydroxyl groups excluding tert-OH is 1. The molecule has 1 heterocycles. The maximum atomic E-state index is 9.02. The van der Waals surface area contributed by atoms with Gasteiger partial charge in [0.05, 0.1) is 19.3 Å². The Morgan fingerprint density at radius 2 is 2.60 bits per heavy atom. The van der Waals surface area contributed by atoms with Gasteiger partial charge >= 0.3 is 0 Å². The fourth-order valence-electron chi connectivity index (χ4n) is 0.943. The predicted octanol–water partition coefficient (Wildman–Crippen LogP) is 0.171. The molecule has 1 rings (SSSR count). The first-order chi connectivity index (χ1) is 4.68. The zero-order valence-corrected chi connectivity index (χ0v) is 6.21. The van der Waals surface area contributed by atoms with Crippen LogP contribution in [0, 0.1) is 0 Å². The summed E-state index contributed by atoms with van der Waals surface area (Å²) in [7, 11) is 0. The lowest BCUT2D eigenvalue weighted by Crippen LogP contribution is -2.22. The van der Waals surface area contributed by atoms with Crippen molar-refractivity contribution in [2.75, 3.05) is 19.7 Å². The largest absolute Gasteiger partial charge is 0.389 e. The van der Waals surface area contributed by atoms with Crippen molar-refractivity contribution in [3.8, 4) is 0 Å². The van der Waals surface area contributed by atoms with Crippen LogP contribution in [0.5, 0.6) is 0 Å². The normalized spacial score (nSPS) is 27.2. The summed E-state index contributed by atoms with van der Waals surface area (Å²) in [5.41, 5.74) is 1.05. The van der Waals surface area contributed by atoms with Crippen molar-refractivity contribution in [2.24, 2.45) is 0 Å². The molecule has 3 heteroatoms. The maximum absolute atomic E-state index is 9.02. The van der Waals surface area contributed by atoms with Crippen molar-refractivity contribution in [3.05, 3.63) is 12.2 Å². The minimum Gasteiger partial charge on any atom is -0.389 e. The molecular formula is C7H13NO2. The molecule has 3 nitrogen and oxygen atoms in total. The van der Waals surface area contributed by atoms with Gasteiger partial charge in [0.15, 0.2) is 0 Å². The molecule has 1 saturated heterocycles. The van der Waals surface area contributed by atoms with E-state index in [2.05, 4.69) is 6.58 Å². The molecule has 1 fully saturated rings. The van der Waals surface area contributed by atoms with Crippen LogP contribution in [-0.2, 0) is 4.84 Å². The molecular weight excluding hydrogens is 130 g/mol. The molecule has 10 heavy (non-hydrogen) atoms. The standard InChI is InChI=1S/C7H13NO2/c1-6(2)3-8-4-7(9)5-10-8/h7,9H,1,3-5H2,2H3. The van der Waals surface area contributed by atoms with Crippen LogP contribution in [0.2, 0.25) is 0 Å². The van der Waals surface area contributed by atoms with Gasteiger partial charge in [0.2, 0.25) is 0 Å². The second kappa shape index (κ2) is 3.14. The Morgan fingerprint density at radius 1 is 1.90 bits per heavy atom. The summed E-state index contributed by atoms with van der Waals surface area (Å²) in [5, 5.41) is 10.7. The summed E-state index contributed by atoms with van der Waals surface area (Å²) in [6, 6.07) is 0. The minimum atomic E-state index is -0.320. The van der Waals surface area contributed by atoms with Gasteiger partial charge in [-0.15, -0.1) is 0 Å². The molecule has 0 aromatic carbocycles. The molecule has 0 bridgehead atoms. The Labute approximate surface area is 60.9 Å². The molecule has 0 saturated carbocycles. The van der Waals surface area contributed by atoms with Crippen LogP contribution in [-0.4, -0.2) is 36.0 Å². The minimum absolute atomic E-state index is 0.320. The highest BCUT2D eigenvalue weighted by molar-refractivity contribution is 4.91. The van der Waals surface area contributed by atoms with Crippen molar-refractivity contribution in [1.82, 2.24) is 5.06 Å². The maximum Gasteiger partial charge on any atom is 0.0958 e. The highest BCUT2D eigenvalue weighted by atomic mass is 16.7. The first-order valence-corrected chi connectivity index (χ1v) is 3.39. The molecule has 1 unspecified atom stereocenters. The molecule has 1 aliphatic rings. The highest BCUT2D eigenvalue weighted by Crippen LogP contribution is 2.06. The van der Waals surface area contributed by atoms with Gasteiger partial charge in [-0.05, 0) is 6.92 Å². The molecule has 58 valence electrons. The van der Waals surface area contributed by atoms with E-state index in [1.165, 1.54) is 0 Å². The number of hydroxylamine groups is 2. The fourth-order valence-corrected chi connectivity index (χ4v) is 0.943. The summed E-state index contributed by atoms with van der Waals surface area (Å²) < 4.78 is 0. The molecule has 1 atom stereocenters. The molecule has 0 aromatic heterocycles. The summed E-state index contributed by atoms with van der Waals surface area (Å²) in [4.78, 5) is 5.10. The number of β-amino-alcohol motifs (C(OH)–C–C–N with tert-alkyl or cyclic N) is 1. The number of hydrogen-bond donors (Lipinski definition) is 1. The summed E-state index contributed by atoms with van der Waals surface area (Å²) in [5.74, 6) is 0. The van der Waals surface area contributed by atoms with Gasteiger partial charge < -0.3 is 5.11 Å². The van der Waals surface area contributed by atoms with Crippen LogP contribution in [0.1, 0.15) is 6.92 Å². The van der Waals surface area contributed by atoms with E-state index in [1.807, 2.05) is 6.92 Å². The van der Waals surface area contributed by atoms with Gasteiger partial charge in [-0.3, -0.25) is 4.84 Å². The van der Waals surface area contributed by atoms with Crippen molar-refractivity contribution in [3.63, 3.8) is 0 Å². The highest BCUT2D eigenvalue weighted by Gasteiger charge is 2.20. The van der Waals surface area contributed by atoms with Crippen LogP contribution in [0.3, 0.4) is 0 Å². The van der Waals surface area contributed by atoms with Crippen LogP contribution in [0.15, 0.2) is 12.2 Å². The molecule has 0 aliphatic carbocycles. The van der Waals surface area contributed by atoms with E-state index in [-0.39, 0.29) is 6.10 Å². The summed E-state index contributed by atoms with van der Waals surface area (Å²) >= 11 is 0. The smallest absolute Gasteiger partial charge is 0.0958 e. The molecule has 0 amide bonds. The van der Waals surface area contributed by atoms with Crippen molar-refractivity contribution >= 4 is 0 Å². The number of rotatable bonds is 2. The van der Waals surface area contributed by atoms with E-state index in [4.69, 9.17) is 9.94 Å². The lowest BCUT2D eigenvalue weighted by Gasteiger charge is -2.12. The third-order valence-electron chi connectivity index (χ3n) is 1.31. The van der Waals surface area contributed by atoms with Gasteiger partial charge in [0, 0.05) is 6.54 Å². The van der Waals surface area contributed by atoms with Gasteiger partial charge in [-0.25, -0.2) is 0 Å². The van der Waals surface area contributed by atoms with Crippen molar-refractivity contribution in [2.45, 2.75) is 13.0 Å². The van der Waals surface area contributed by atoms with Gasteiger partial charge in [-0.2, -0.15) is 5.06 Å². The predicted molar refractivity (Wildman–Crippen MR) is 38.3 cm³/mol. The van der Waals surface area contributed by atoms with E-state index in [9.17, 15) is 0 Å². The first-order valence-electron chi connectivity index (χ1n) is 3.39. The number of aliphatic hydroxyl groups is 1. The first kappa shape index (κ1) is 7.72. The second-order valence-corrected chi connectivity index (χ2v) is 2.73. The molecule has 0 aromatic rings. The van der Waals surface area contributed by atoms with Crippen LogP contribution in [0.25, 0.3) is 0 Å². The van der Waals surface area contributed by atoms with Crippen LogP contribution >= 0.6 is 0 Å². The Morgan fingerprint density at radius 3 is 3.00 bits per heavy atom. The summed E-state index contributed by atoms with van der Waals surface area (Å²) in [6.45, 7) is 7.43. The van der Waals surface area contributed by atoms with E-state index in [1.54, 1.807) is 5.06 Å². The van der Waals surface area contributed by atoms with Gasteiger partial charge in [0.25, 0.3) is 0 Å². The van der Waals surface area contributed by atoms with Crippen LogP contribution in [0.4, 0.5) is 0 Å². The zero-order chi connectivity index (χ0) is 7.56. The zero-order valence-electron chi connectivity index (χ0n) is 6.21. The third kappa shape index (κ3) is 2.10.